The lowest BCUT2D eigenvalue weighted by atomic mass is 10.1. The van der Waals surface area contributed by atoms with Crippen LogP contribution >= 0.6 is 0 Å². The summed E-state index contributed by atoms with van der Waals surface area (Å²) in [7, 11) is 0. The number of hydrogen-bond donors (Lipinski definition) is 1. The van der Waals surface area contributed by atoms with Crippen LogP contribution in [0.5, 0.6) is 0 Å². The fourth-order valence-electron chi connectivity index (χ4n) is 2.48. The van der Waals surface area contributed by atoms with Gasteiger partial charge in [0.25, 0.3) is 0 Å². The van der Waals surface area contributed by atoms with Crippen molar-refractivity contribution in [1.82, 2.24) is 4.90 Å². The SMILES string of the molecule is CC(C(=O)O)N(C(=O)CCCc1ccc(F)c(F)c1)C1CC1. The van der Waals surface area contributed by atoms with E-state index < -0.39 is 23.6 Å². The van der Waals surface area contributed by atoms with Crippen LogP contribution in [-0.4, -0.2) is 34.0 Å². The van der Waals surface area contributed by atoms with Crippen LogP contribution < -0.4 is 0 Å². The van der Waals surface area contributed by atoms with Crippen molar-refractivity contribution >= 4 is 11.9 Å². The Morgan fingerprint density at radius 1 is 1.32 bits per heavy atom. The van der Waals surface area contributed by atoms with E-state index in [0.29, 0.717) is 18.4 Å². The summed E-state index contributed by atoms with van der Waals surface area (Å²) < 4.78 is 25.9. The molecule has 0 aromatic heterocycles. The molecule has 1 amide bonds. The van der Waals surface area contributed by atoms with E-state index in [-0.39, 0.29) is 18.4 Å². The normalized spacial score (nSPS) is 15.4. The molecule has 4 nitrogen and oxygen atoms in total. The van der Waals surface area contributed by atoms with E-state index in [0.717, 1.165) is 25.0 Å². The van der Waals surface area contributed by atoms with Gasteiger partial charge in [-0.3, -0.25) is 4.79 Å². The molecule has 1 fully saturated rings. The number of nitrogens with zero attached hydrogens (tertiary/aromatic N) is 1. The smallest absolute Gasteiger partial charge is 0.326 e. The average Bonchev–Trinajstić information content (AvgIpc) is 3.27. The summed E-state index contributed by atoms with van der Waals surface area (Å²) >= 11 is 0. The second-order valence-corrected chi connectivity index (χ2v) is 5.65. The predicted molar refractivity (Wildman–Crippen MR) is 76.3 cm³/mol. The third-order valence-corrected chi connectivity index (χ3v) is 3.84. The minimum absolute atomic E-state index is 0.0295. The van der Waals surface area contributed by atoms with Gasteiger partial charge in [0.2, 0.25) is 5.91 Å². The fourth-order valence-corrected chi connectivity index (χ4v) is 2.48. The zero-order valence-electron chi connectivity index (χ0n) is 12.4. The molecule has 0 heterocycles. The van der Waals surface area contributed by atoms with Crippen LogP contribution in [0.2, 0.25) is 0 Å². The lowest BCUT2D eigenvalue weighted by Gasteiger charge is -2.26. The number of carbonyl (C=O) groups excluding carboxylic acids is 1. The number of hydrogen-bond acceptors (Lipinski definition) is 2. The van der Waals surface area contributed by atoms with Gasteiger partial charge in [-0.2, -0.15) is 0 Å². The minimum Gasteiger partial charge on any atom is -0.480 e. The molecule has 1 unspecified atom stereocenters. The standard InChI is InChI=1S/C16H19F2NO3/c1-10(16(21)22)19(12-6-7-12)15(20)4-2-3-11-5-8-13(17)14(18)9-11/h5,8-10,12H,2-4,6-7H2,1H3,(H,21,22). The molecule has 0 aliphatic heterocycles. The monoisotopic (exact) mass is 311 g/mol. The average molecular weight is 311 g/mol. The summed E-state index contributed by atoms with van der Waals surface area (Å²) in [4.78, 5) is 24.7. The van der Waals surface area contributed by atoms with E-state index in [2.05, 4.69) is 0 Å². The molecule has 1 aromatic carbocycles. The number of amides is 1. The van der Waals surface area contributed by atoms with E-state index in [9.17, 15) is 18.4 Å². The quantitative estimate of drug-likeness (QED) is 0.842. The van der Waals surface area contributed by atoms with Crippen molar-refractivity contribution in [2.45, 2.75) is 51.1 Å². The maximum Gasteiger partial charge on any atom is 0.326 e. The molecule has 0 spiro atoms. The Hall–Kier alpha value is -1.98. The first-order valence-corrected chi connectivity index (χ1v) is 7.38. The number of benzene rings is 1. The van der Waals surface area contributed by atoms with Crippen molar-refractivity contribution in [3.63, 3.8) is 0 Å². The van der Waals surface area contributed by atoms with E-state index in [1.54, 1.807) is 0 Å². The lowest BCUT2D eigenvalue weighted by molar-refractivity contribution is -0.150. The van der Waals surface area contributed by atoms with Gasteiger partial charge in [0.05, 0.1) is 0 Å². The van der Waals surface area contributed by atoms with Crippen LogP contribution in [0.15, 0.2) is 18.2 Å². The van der Waals surface area contributed by atoms with E-state index in [1.165, 1.54) is 17.9 Å². The summed E-state index contributed by atoms with van der Waals surface area (Å²) in [6, 6.07) is 2.88. The number of carboxylic acids is 1. The number of carboxylic acid groups (broad SMARTS) is 1. The van der Waals surface area contributed by atoms with Gasteiger partial charge in [-0.15, -0.1) is 0 Å². The van der Waals surface area contributed by atoms with Gasteiger partial charge in [-0.1, -0.05) is 6.07 Å². The first-order chi connectivity index (χ1) is 10.4. The molecule has 0 bridgehead atoms. The zero-order valence-corrected chi connectivity index (χ0v) is 12.4. The summed E-state index contributed by atoms with van der Waals surface area (Å²) in [6.45, 7) is 1.51. The highest BCUT2D eigenvalue weighted by Gasteiger charge is 2.37. The van der Waals surface area contributed by atoms with Gasteiger partial charge in [0.1, 0.15) is 6.04 Å². The number of halogens is 2. The topological polar surface area (TPSA) is 57.6 Å². The van der Waals surface area contributed by atoms with Gasteiger partial charge >= 0.3 is 5.97 Å². The van der Waals surface area contributed by atoms with E-state index >= 15 is 0 Å². The molecule has 1 N–H and O–H groups in total. The number of rotatable bonds is 7. The zero-order chi connectivity index (χ0) is 16.3. The Morgan fingerprint density at radius 3 is 2.55 bits per heavy atom. The van der Waals surface area contributed by atoms with Gasteiger partial charge in [-0.25, -0.2) is 13.6 Å². The first-order valence-electron chi connectivity index (χ1n) is 7.38. The lowest BCUT2D eigenvalue weighted by Crippen LogP contribution is -2.44. The van der Waals surface area contributed by atoms with Crippen molar-refractivity contribution in [2.24, 2.45) is 0 Å². The predicted octanol–water partition coefficient (Wildman–Crippen LogP) is 2.75. The van der Waals surface area contributed by atoms with E-state index in [1.807, 2.05) is 0 Å². The molecule has 1 aliphatic carbocycles. The largest absolute Gasteiger partial charge is 0.480 e. The Labute approximate surface area is 127 Å². The van der Waals surface area contributed by atoms with Crippen LogP contribution in [0.1, 0.15) is 38.2 Å². The Bertz CT molecular complexity index is 573. The molecule has 0 saturated heterocycles. The second-order valence-electron chi connectivity index (χ2n) is 5.65. The third-order valence-electron chi connectivity index (χ3n) is 3.84. The summed E-state index contributed by atoms with van der Waals surface area (Å²) in [5.41, 5.74) is 0.621. The highest BCUT2D eigenvalue weighted by molar-refractivity contribution is 5.84. The molecule has 6 heteroatoms. The van der Waals surface area contributed by atoms with Crippen molar-refractivity contribution < 1.29 is 23.5 Å². The maximum absolute atomic E-state index is 13.1. The summed E-state index contributed by atoms with van der Waals surface area (Å²) in [5.74, 6) is -3.00. The van der Waals surface area contributed by atoms with Crippen LogP contribution in [0.3, 0.4) is 0 Å². The molecular weight excluding hydrogens is 292 g/mol. The molecule has 120 valence electrons. The molecule has 1 aromatic rings. The number of carbonyl (C=O) groups is 2. The van der Waals surface area contributed by atoms with Crippen LogP contribution in [0, 0.1) is 11.6 Å². The first kappa shape index (κ1) is 16.4. The van der Waals surface area contributed by atoms with E-state index in [4.69, 9.17) is 5.11 Å². The van der Waals surface area contributed by atoms with Gasteiger partial charge in [0, 0.05) is 12.5 Å². The van der Waals surface area contributed by atoms with Crippen molar-refractivity contribution in [1.29, 1.82) is 0 Å². The molecule has 1 aliphatic rings. The maximum atomic E-state index is 13.1. The Balaban J connectivity index is 1.88. The molecule has 22 heavy (non-hydrogen) atoms. The van der Waals surface area contributed by atoms with Gasteiger partial charge in [-0.05, 0) is 50.3 Å². The summed E-state index contributed by atoms with van der Waals surface area (Å²) in [5, 5.41) is 9.07. The van der Waals surface area contributed by atoms with Crippen LogP contribution in [-0.2, 0) is 16.0 Å². The van der Waals surface area contributed by atoms with Gasteiger partial charge < -0.3 is 10.0 Å². The Kier molecular flexibility index (Phi) is 5.11. The second kappa shape index (κ2) is 6.85. The highest BCUT2D eigenvalue weighted by atomic mass is 19.2. The molecule has 1 atom stereocenters. The van der Waals surface area contributed by atoms with Crippen molar-refractivity contribution in [3.8, 4) is 0 Å². The third kappa shape index (κ3) is 4.02. The molecule has 1 saturated carbocycles. The van der Waals surface area contributed by atoms with Crippen molar-refractivity contribution in [3.05, 3.63) is 35.4 Å². The van der Waals surface area contributed by atoms with Gasteiger partial charge in [0.15, 0.2) is 11.6 Å². The van der Waals surface area contributed by atoms with Crippen molar-refractivity contribution in [2.75, 3.05) is 0 Å². The van der Waals surface area contributed by atoms with Crippen LogP contribution in [0.4, 0.5) is 8.78 Å². The molecule has 0 radical (unpaired) electrons. The number of aryl methyl sites for hydroxylation is 1. The van der Waals surface area contributed by atoms with Crippen LogP contribution in [0.25, 0.3) is 0 Å². The fraction of sp³-hybridized carbons (Fsp3) is 0.500. The molecule has 2 rings (SSSR count). The Morgan fingerprint density at radius 2 is 2.00 bits per heavy atom. The highest BCUT2D eigenvalue weighted by Crippen LogP contribution is 2.29. The number of aliphatic carboxylic acids is 1. The summed E-state index contributed by atoms with van der Waals surface area (Å²) in [6.07, 6.45) is 2.80. The molecular formula is C16H19F2NO3. The minimum atomic E-state index is -1.01.